The number of aliphatic hydroxyl groups is 1. The lowest BCUT2D eigenvalue weighted by atomic mass is 9.88. The summed E-state index contributed by atoms with van der Waals surface area (Å²) in [6, 6.07) is 3.95. The largest absolute Gasteiger partial charge is 0.382 e. The number of rotatable bonds is 5. The molecule has 2 fully saturated rings. The second-order valence-electron chi connectivity index (χ2n) is 6.23. The highest BCUT2D eigenvalue weighted by atomic mass is 32.1. The first-order chi connectivity index (χ1) is 9.70. The summed E-state index contributed by atoms with van der Waals surface area (Å²) in [5.74, 6) is 0.615. The summed E-state index contributed by atoms with van der Waals surface area (Å²) in [4.78, 5) is 13.2. The van der Waals surface area contributed by atoms with Crippen molar-refractivity contribution < 1.29 is 9.90 Å². The molecule has 1 atom stereocenters. The van der Waals surface area contributed by atoms with Crippen molar-refractivity contribution in [2.24, 2.45) is 11.8 Å². The van der Waals surface area contributed by atoms with Gasteiger partial charge in [-0.25, -0.2) is 0 Å². The maximum atomic E-state index is 12.2. The van der Waals surface area contributed by atoms with E-state index in [1.165, 1.54) is 6.42 Å². The first-order valence-electron chi connectivity index (χ1n) is 7.74. The summed E-state index contributed by atoms with van der Waals surface area (Å²) in [7, 11) is 0. The third kappa shape index (κ3) is 2.91. The van der Waals surface area contributed by atoms with Crippen LogP contribution in [0.15, 0.2) is 17.5 Å². The number of hydrogen-bond acceptors (Lipinski definition) is 3. The fourth-order valence-corrected chi connectivity index (χ4v) is 4.15. The highest BCUT2D eigenvalue weighted by Crippen LogP contribution is 2.46. The molecule has 110 valence electrons. The minimum Gasteiger partial charge on any atom is -0.382 e. The van der Waals surface area contributed by atoms with Gasteiger partial charge < -0.3 is 10.4 Å². The Balaban J connectivity index is 1.61. The van der Waals surface area contributed by atoms with E-state index in [0.717, 1.165) is 43.4 Å². The van der Waals surface area contributed by atoms with Gasteiger partial charge in [-0.1, -0.05) is 25.3 Å². The van der Waals surface area contributed by atoms with Crippen molar-refractivity contribution in [3.05, 3.63) is 22.4 Å². The molecule has 3 nitrogen and oxygen atoms in total. The van der Waals surface area contributed by atoms with Crippen molar-refractivity contribution in [2.75, 3.05) is 6.54 Å². The Morgan fingerprint density at radius 2 is 2.05 bits per heavy atom. The van der Waals surface area contributed by atoms with Crippen molar-refractivity contribution in [1.82, 2.24) is 5.32 Å². The molecule has 20 heavy (non-hydrogen) atoms. The Bertz CT molecular complexity index is 449. The Morgan fingerprint density at radius 1 is 1.30 bits per heavy atom. The van der Waals surface area contributed by atoms with Gasteiger partial charge in [0.05, 0.1) is 6.54 Å². The molecule has 2 saturated carbocycles. The molecule has 2 aliphatic carbocycles. The van der Waals surface area contributed by atoms with Crippen LogP contribution in [-0.4, -0.2) is 17.6 Å². The second-order valence-corrected chi connectivity index (χ2v) is 7.18. The van der Waals surface area contributed by atoms with E-state index in [2.05, 4.69) is 5.32 Å². The Hall–Kier alpha value is -0.870. The second kappa shape index (κ2) is 5.86. The number of carbonyl (C=O) groups excluding carboxylic acids is 1. The van der Waals surface area contributed by atoms with E-state index in [0.29, 0.717) is 12.5 Å². The maximum Gasteiger partial charge on any atom is 0.223 e. The molecular weight excluding hydrogens is 270 g/mol. The number of carbonyl (C=O) groups is 1. The predicted octanol–water partition coefficient (Wildman–Crippen LogP) is 3.04. The molecule has 3 rings (SSSR count). The van der Waals surface area contributed by atoms with E-state index in [9.17, 15) is 9.90 Å². The van der Waals surface area contributed by atoms with E-state index in [1.54, 1.807) is 11.3 Å². The van der Waals surface area contributed by atoms with E-state index < -0.39 is 5.60 Å². The SMILES string of the molecule is O=C(NCC(O)(c1cccs1)C1CC1)C1CCCCC1. The Labute approximate surface area is 124 Å². The number of thiophene rings is 1. The molecule has 1 aromatic rings. The van der Waals surface area contributed by atoms with Gasteiger partial charge in [0.25, 0.3) is 0 Å². The van der Waals surface area contributed by atoms with E-state index in [1.807, 2.05) is 17.5 Å². The zero-order valence-corrected chi connectivity index (χ0v) is 12.6. The third-order valence-corrected chi connectivity index (χ3v) is 5.75. The standard InChI is InChI=1S/C16H23NO2S/c18-15(12-5-2-1-3-6-12)17-11-16(19,13-8-9-13)14-7-4-10-20-14/h4,7,10,12-13,19H,1-3,5-6,8-9,11H2,(H,17,18). The van der Waals surface area contributed by atoms with Gasteiger partial charge in [0.1, 0.15) is 5.60 Å². The number of nitrogens with one attached hydrogen (secondary N) is 1. The topological polar surface area (TPSA) is 49.3 Å². The average Bonchev–Trinajstić information content (AvgIpc) is 3.20. The van der Waals surface area contributed by atoms with E-state index >= 15 is 0 Å². The summed E-state index contributed by atoms with van der Waals surface area (Å²) in [5, 5.41) is 16.0. The highest BCUT2D eigenvalue weighted by molar-refractivity contribution is 7.10. The molecule has 1 unspecified atom stereocenters. The van der Waals surface area contributed by atoms with Crippen LogP contribution >= 0.6 is 11.3 Å². The van der Waals surface area contributed by atoms with E-state index in [4.69, 9.17) is 0 Å². The summed E-state index contributed by atoms with van der Waals surface area (Å²) >= 11 is 1.58. The molecule has 1 aromatic heterocycles. The fourth-order valence-electron chi connectivity index (χ4n) is 3.25. The van der Waals surface area contributed by atoms with Gasteiger partial charge in [-0.05, 0) is 43.0 Å². The van der Waals surface area contributed by atoms with Crippen molar-refractivity contribution in [3.8, 4) is 0 Å². The van der Waals surface area contributed by atoms with Crippen LogP contribution in [0.25, 0.3) is 0 Å². The predicted molar refractivity (Wildman–Crippen MR) is 80.5 cm³/mol. The van der Waals surface area contributed by atoms with Gasteiger partial charge in [0.15, 0.2) is 0 Å². The average molecular weight is 293 g/mol. The smallest absolute Gasteiger partial charge is 0.223 e. The lowest BCUT2D eigenvalue weighted by Crippen LogP contribution is -2.44. The summed E-state index contributed by atoms with van der Waals surface area (Å²) < 4.78 is 0. The van der Waals surface area contributed by atoms with Crippen molar-refractivity contribution in [3.63, 3.8) is 0 Å². The molecule has 0 spiro atoms. The zero-order chi connectivity index (χ0) is 14.0. The van der Waals surface area contributed by atoms with Crippen LogP contribution in [0.4, 0.5) is 0 Å². The van der Waals surface area contributed by atoms with Crippen molar-refractivity contribution >= 4 is 17.2 Å². The van der Waals surface area contributed by atoms with Crippen LogP contribution in [0.2, 0.25) is 0 Å². The minimum atomic E-state index is -0.849. The van der Waals surface area contributed by atoms with Gasteiger partial charge in [-0.15, -0.1) is 11.3 Å². The fraction of sp³-hybridized carbons (Fsp3) is 0.688. The molecule has 1 heterocycles. The summed E-state index contributed by atoms with van der Waals surface area (Å²) in [5.41, 5.74) is -0.849. The van der Waals surface area contributed by atoms with Gasteiger partial charge >= 0.3 is 0 Å². The molecular formula is C16H23NO2S. The first-order valence-corrected chi connectivity index (χ1v) is 8.62. The van der Waals surface area contributed by atoms with Gasteiger partial charge in [0, 0.05) is 10.8 Å². The molecule has 0 saturated heterocycles. The molecule has 0 radical (unpaired) electrons. The minimum absolute atomic E-state index is 0.139. The Kier molecular flexibility index (Phi) is 4.13. The van der Waals surface area contributed by atoms with Crippen LogP contribution < -0.4 is 5.32 Å². The summed E-state index contributed by atoms with van der Waals surface area (Å²) in [6.07, 6.45) is 7.72. The maximum absolute atomic E-state index is 12.2. The molecule has 0 aromatic carbocycles. The molecule has 0 aliphatic heterocycles. The van der Waals surface area contributed by atoms with Gasteiger partial charge in [0.2, 0.25) is 5.91 Å². The van der Waals surface area contributed by atoms with Crippen LogP contribution in [0, 0.1) is 11.8 Å². The number of amides is 1. The van der Waals surface area contributed by atoms with Crippen LogP contribution in [-0.2, 0) is 10.4 Å². The monoisotopic (exact) mass is 293 g/mol. The van der Waals surface area contributed by atoms with E-state index in [-0.39, 0.29) is 11.8 Å². The molecule has 0 bridgehead atoms. The summed E-state index contributed by atoms with van der Waals surface area (Å²) in [6.45, 7) is 0.369. The van der Waals surface area contributed by atoms with Crippen LogP contribution in [0.1, 0.15) is 49.8 Å². The lowest BCUT2D eigenvalue weighted by molar-refractivity contribution is -0.127. The first kappa shape index (κ1) is 14.1. The third-order valence-electron chi connectivity index (χ3n) is 4.71. The van der Waals surface area contributed by atoms with Gasteiger partial charge in [-0.3, -0.25) is 4.79 Å². The van der Waals surface area contributed by atoms with Crippen molar-refractivity contribution in [1.29, 1.82) is 0 Å². The normalized spacial score (nSPS) is 23.2. The quantitative estimate of drug-likeness (QED) is 0.876. The highest BCUT2D eigenvalue weighted by Gasteiger charge is 2.46. The molecule has 2 N–H and O–H groups in total. The Morgan fingerprint density at radius 3 is 2.65 bits per heavy atom. The molecule has 1 amide bonds. The molecule has 2 aliphatic rings. The van der Waals surface area contributed by atoms with Crippen LogP contribution in [0.5, 0.6) is 0 Å². The molecule has 4 heteroatoms. The van der Waals surface area contributed by atoms with Crippen LogP contribution in [0.3, 0.4) is 0 Å². The van der Waals surface area contributed by atoms with Gasteiger partial charge in [-0.2, -0.15) is 0 Å². The zero-order valence-electron chi connectivity index (χ0n) is 11.8. The number of hydrogen-bond donors (Lipinski definition) is 2. The van der Waals surface area contributed by atoms with Crippen molar-refractivity contribution in [2.45, 2.75) is 50.5 Å². The lowest BCUT2D eigenvalue weighted by Gasteiger charge is -2.29.